The predicted molar refractivity (Wildman–Crippen MR) is 95.0 cm³/mol. The van der Waals surface area contributed by atoms with Crippen LogP contribution in [0.25, 0.3) is 10.9 Å². The van der Waals surface area contributed by atoms with E-state index >= 15 is 0 Å². The Hall–Kier alpha value is -2.50. The molecule has 3 rings (SSSR count). The fourth-order valence-electron chi connectivity index (χ4n) is 3.11. The summed E-state index contributed by atoms with van der Waals surface area (Å²) in [6.45, 7) is 6.03. The molecule has 0 bridgehead atoms. The zero-order valence-electron chi connectivity index (χ0n) is 14.2. The first-order valence-corrected chi connectivity index (χ1v) is 8.54. The van der Waals surface area contributed by atoms with Crippen molar-refractivity contribution in [1.29, 1.82) is 0 Å². The Labute approximate surface area is 141 Å². The van der Waals surface area contributed by atoms with Gasteiger partial charge in [-0.15, -0.1) is 0 Å². The first-order valence-electron chi connectivity index (χ1n) is 8.54. The van der Waals surface area contributed by atoms with E-state index in [0.29, 0.717) is 13.1 Å². The number of nitrogens with one attached hydrogen (secondary N) is 2. The second kappa shape index (κ2) is 6.95. The van der Waals surface area contributed by atoms with E-state index in [1.165, 1.54) is 0 Å². The first-order chi connectivity index (χ1) is 11.6. The maximum atomic E-state index is 12.6. The van der Waals surface area contributed by atoms with Gasteiger partial charge in [0.2, 0.25) is 5.91 Å². The summed E-state index contributed by atoms with van der Waals surface area (Å²) in [4.78, 5) is 26.1. The maximum absolute atomic E-state index is 12.6. The van der Waals surface area contributed by atoms with Crippen molar-refractivity contribution in [2.75, 3.05) is 18.4 Å². The molecule has 1 aromatic carbocycles. The predicted octanol–water partition coefficient (Wildman–Crippen LogP) is 2.79. The molecule has 2 heterocycles. The Bertz CT molecular complexity index is 753. The second-order valence-electron chi connectivity index (χ2n) is 6.23. The van der Waals surface area contributed by atoms with Crippen molar-refractivity contribution >= 4 is 28.5 Å². The van der Waals surface area contributed by atoms with Crippen LogP contribution in [0.4, 0.5) is 10.5 Å². The van der Waals surface area contributed by atoms with E-state index in [9.17, 15) is 9.59 Å². The molecule has 6 heteroatoms. The molecule has 24 heavy (non-hydrogen) atoms. The highest BCUT2D eigenvalue weighted by Gasteiger charge is 2.27. The number of carbonyl (C=O) groups is 2. The number of aryl methyl sites for hydroxylation is 1. The molecular weight excluding hydrogens is 304 g/mol. The molecule has 1 aliphatic heterocycles. The van der Waals surface area contributed by atoms with E-state index in [-0.39, 0.29) is 11.9 Å². The number of amides is 3. The molecule has 3 amide bonds. The minimum absolute atomic E-state index is 0.102. The lowest BCUT2D eigenvalue weighted by Crippen LogP contribution is -2.47. The van der Waals surface area contributed by atoms with Gasteiger partial charge in [0.25, 0.3) is 0 Å². The van der Waals surface area contributed by atoms with Crippen molar-refractivity contribution in [3.8, 4) is 0 Å². The molecule has 1 fully saturated rings. The summed E-state index contributed by atoms with van der Waals surface area (Å²) in [6, 6.07) is 7.30. The van der Waals surface area contributed by atoms with E-state index in [0.717, 1.165) is 36.0 Å². The molecule has 6 nitrogen and oxygen atoms in total. The van der Waals surface area contributed by atoms with Crippen LogP contribution in [0.15, 0.2) is 30.5 Å². The molecular formula is C18H24N4O2. The molecule has 1 aromatic heterocycles. The van der Waals surface area contributed by atoms with Gasteiger partial charge in [-0.05, 0) is 43.4 Å². The molecule has 0 radical (unpaired) electrons. The largest absolute Gasteiger partial charge is 0.354 e. The Morgan fingerprint density at radius 2 is 2.21 bits per heavy atom. The second-order valence-corrected chi connectivity index (χ2v) is 6.23. The van der Waals surface area contributed by atoms with Crippen molar-refractivity contribution in [2.45, 2.75) is 39.3 Å². The molecule has 1 aliphatic rings. The summed E-state index contributed by atoms with van der Waals surface area (Å²) >= 11 is 0. The fraction of sp³-hybridized carbons (Fsp3) is 0.444. The third-order valence-corrected chi connectivity index (χ3v) is 4.47. The van der Waals surface area contributed by atoms with Crippen LogP contribution in [0.2, 0.25) is 0 Å². The number of nitrogens with zero attached hydrogens (tertiary/aromatic N) is 2. The zero-order chi connectivity index (χ0) is 17.1. The number of carbonyl (C=O) groups excluding carboxylic acids is 2. The van der Waals surface area contributed by atoms with Gasteiger partial charge in [0, 0.05) is 31.5 Å². The van der Waals surface area contributed by atoms with Crippen LogP contribution in [-0.2, 0) is 11.3 Å². The van der Waals surface area contributed by atoms with Crippen LogP contribution >= 0.6 is 0 Å². The highest BCUT2D eigenvalue weighted by atomic mass is 16.2. The van der Waals surface area contributed by atoms with E-state index < -0.39 is 6.04 Å². The van der Waals surface area contributed by atoms with E-state index in [1.807, 2.05) is 18.2 Å². The van der Waals surface area contributed by atoms with Gasteiger partial charge in [0.05, 0.1) is 5.52 Å². The smallest absolute Gasteiger partial charge is 0.322 e. The lowest BCUT2D eigenvalue weighted by Gasteiger charge is -2.25. The van der Waals surface area contributed by atoms with Crippen LogP contribution in [0, 0.1) is 0 Å². The van der Waals surface area contributed by atoms with Crippen LogP contribution in [0.3, 0.4) is 0 Å². The molecule has 2 N–H and O–H groups in total. The first kappa shape index (κ1) is 16.4. The van der Waals surface area contributed by atoms with Gasteiger partial charge in [0.15, 0.2) is 0 Å². The Kier molecular flexibility index (Phi) is 4.74. The van der Waals surface area contributed by atoms with Crippen molar-refractivity contribution in [1.82, 2.24) is 14.8 Å². The number of anilines is 1. The highest BCUT2D eigenvalue weighted by Crippen LogP contribution is 2.21. The molecule has 2 aromatic rings. The van der Waals surface area contributed by atoms with Crippen LogP contribution in [0.1, 0.15) is 26.7 Å². The lowest BCUT2D eigenvalue weighted by molar-refractivity contribution is -0.124. The Morgan fingerprint density at radius 3 is 3.00 bits per heavy atom. The lowest BCUT2D eigenvalue weighted by atomic mass is 10.2. The highest BCUT2D eigenvalue weighted by molar-refractivity contribution is 5.95. The van der Waals surface area contributed by atoms with Crippen molar-refractivity contribution in [2.24, 2.45) is 0 Å². The van der Waals surface area contributed by atoms with Crippen LogP contribution in [-0.4, -0.2) is 40.5 Å². The molecule has 0 unspecified atom stereocenters. The van der Waals surface area contributed by atoms with Crippen molar-refractivity contribution in [3.63, 3.8) is 0 Å². The van der Waals surface area contributed by atoms with Gasteiger partial charge < -0.3 is 20.1 Å². The molecule has 1 saturated heterocycles. The summed E-state index contributed by atoms with van der Waals surface area (Å²) in [5, 5.41) is 6.91. The number of benzene rings is 1. The van der Waals surface area contributed by atoms with Gasteiger partial charge in [-0.3, -0.25) is 4.79 Å². The summed E-state index contributed by atoms with van der Waals surface area (Å²) in [5.41, 5.74) is 1.86. The number of hydrogen-bond acceptors (Lipinski definition) is 2. The summed E-state index contributed by atoms with van der Waals surface area (Å²) < 4.78 is 2.19. The summed E-state index contributed by atoms with van der Waals surface area (Å²) in [7, 11) is 0. The monoisotopic (exact) mass is 328 g/mol. The normalized spacial score (nSPS) is 18.3. The fourth-order valence-corrected chi connectivity index (χ4v) is 3.11. The number of hydrogen-bond donors (Lipinski definition) is 2. The third-order valence-electron chi connectivity index (χ3n) is 4.47. The molecule has 0 saturated carbocycles. The van der Waals surface area contributed by atoms with E-state index in [2.05, 4.69) is 34.4 Å². The maximum Gasteiger partial charge on any atom is 0.322 e. The topological polar surface area (TPSA) is 66.4 Å². The third kappa shape index (κ3) is 3.22. The minimum atomic E-state index is -0.458. The summed E-state index contributed by atoms with van der Waals surface area (Å²) in [6.07, 6.45) is 3.89. The van der Waals surface area contributed by atoms with Crippen molar-refractivity contribution in [3.05, 3.63) is 30.5 Å². The SMILES string of the molecule is CCCn1ccc2ccc(NC(=O)N3CCCNC(=O)[C@H]3C)cc21. The Morgan fingerprint density at radius 1 is 1.38 bits per heavy atom. The van der Waals surface area contributed by atoms with Gasteiger partial charge in [-0.1, -0.05) is 13.0 Å². The molecule has 0 spiro atoms. The van der Waals surface area contributed by atoms with Gasteiger partial charge >= 0.3 is 6.03 Å². The van der Waals surface area contributed by atoms with Crippen molar-refractivity contribution < 1.29 is 9.59 Å². The zero-order valence-corrected chi connectivity index (χ0v) is 14.2. The average Bonchev–Trinajstić information content (AvgIpc) is 2.88. The van der Waals surface area contributed by atoms with Crippen LogP contribution < -0.4 is 10.6 Å². The van der Waals surface area contributed by atoms with Gasteiger partial charge in [0.1, 0.15) is 6.04 Å². The quantitative estimate of drug-likeness (QED) is 0.910. The minimum Gasteiger partial charge on any atom is -0.354 e. The van der Waals surface area contributed by atoms with Crippen LogP contribution in [0.5, 0.6) is 0 Å². The van der Waals surface area contributed by atoms with Gasteiger partial charge in [-0.25, -0.2) is 4.79 Å². The summed E-state index contributed by atoms with van der Waals surface area (Å²) in [5.74, 6) is -0.102. The number of aromatic nitrogens is 1. The number of fused-ring (bicyclic) bond motifs is 1. The molecule has 128 valence electrons. The number of rotatable bonds is 3. The van der Waals surface area contributed by atoms with Gasteiger partial charge in [-0.2, -0.15) is 0 Å². The Balaban J connectivity index is 1.79. The number of urea groups is 1. The molecule has 1 atom stereocenters. The standard InChI is InChI=1S/C18H24N4O2/c1-3-9-21-11-7-14-5-6-15(12-16(14)21)20-18(24)22-10-4-8-19-17(23)13(22)2/h5-7,11-13H,3-4,8-10H2,1-2H3,(H,19,23)(H,20,24)/t13-/m1/s1. The van der Waals surface area contributed by atoms with E-state index in [1.54, 1.807) is 11.8 Å². The molecule has 0 aliphatic carbocycles. The average molecular weight is 328 g/mol. The van der Waals surface area contributed by atoms with E-state index in [4.69, 9.17) is 0 Å².